The molecule has 2 aromatic heterocycles. The molecule has 0 radical (unpaired) electrons. The first kappa shape index (κ1) is 38.8. The predicted molar refractivity (Wildman–Crippen MR) is 219 cm³/mol. The molecule has 294 valence electrons. The number of piperazine rings is 1. The highest BCUT2D eigenvalue weighted by molar-refractivity contribution is 7.90. The van der Waals surface area contributed by atoms with E-state index in [-0.39, 0.29) is 29.6 Å². The van der Waals surface area contributed by atoms with Crippen LogP contribution in [0.5, 0.6) is 5.75 Å². The Morgan fingerprint density at radius 3 is 2.29 bits per heavy atom. The molecule has 2 amide bonds. The molecule has 1 aliphatic carbocycles. The number of benzene rings is 2. The quantitative estimate of drug-likeness (QED) is 0.196. The number of sulfonamides is 1. The molecule has 0 bridgehead atoms. The van der Waals surface area contributed by atoms with Gasteiger partial charge in [0.25, 0.3) is 11.8 Å². The summed E-state index contributed by atoms with van der Waals surface area (Å²) in [6.07, 6.45) is 7.77. The summed E-state index contributed by atoms with van der Waals surface area (Å²) < 4.78 is 37.9. The molecule has 1 saturated carbocycles. The minimum Gasteiger partial charge on any atom is -0.497 e. The van der Waals surface area contributed by atoms with E-state index >= 15 is 0 Å². The van der Waals surface area contributed by atoms with Gasteiger partial charge in [0, 0.05) is 64.5 Å². The number of ether oxygens (including phenoxy) is 1. The van der Waals surface area contributed by atoms with Crippen LogP contribution in [0.4, 0.5) is 0 Å². The monoisotopic (exact) mass is 768 g/mol. The average Bonchev–Trinajstić information content (AvgIpc) is 3.61. The number of allylic oxidation sites excluding steroid dienone is 1. The lowest BCUT2D eigenvalue weighted by atomic mass is 9.81. The van der Waals surface area contributed by atoms with Crippen molar-refractivity contribution in [3.8, 4) is 17.0 Å². The molecule has 7 rings (SSSR count). The number of aromatic nitrogens is 3. The van der Waals surface area contributed by atoms with Gasteiger partial charge in [-0.25, -0.2) is 13.1 Å². The van der Waals surface area contributed by atoms with Crippen LogP contribution in [0.1, 0.15) is 129 Å². The van der Waals surface area contributed by atoms with Gasteiger partial charge in [-0.05, 0) is 122 Å². The highest BCUT2D eigenvalue weighted by Gasteiger charge is 2.36. The molecule has 4 aromatic rings. The third-order valence-electron chi connectivity index (χ3n) is 12.2. The standard InChI is InChI=1S/C43H56N6O5S/c1-25(2)49-29(7)38(43(51)47-22-27(5)46(8)28(6)23-47)40(44-49)33-19-32-20-34(54-9)16-18-35(32)41-39(30-13-11-10-12-14-30)36-17-15-31(21-37(36)48(41)24-33)42(50)45-55(52,53)26(3)4/h15-21,25-28,30H,10-14,22-24H2,1-9H3,(H,45,50)/t27-,28+. The van der Waals surface area contributed by atoms with Gasteiger partial charge in [-0.2, -0.15) is 5.10 Å². The van der Waals surface area contributed by atoms with Crippen molar-refractivity contribution < 1.29 is 22.7 Å². The van der Waals surface area contributed by atoms with E-state index in [4.69, 9.17) is 9.84 Å². The van der Waals surface area contributed by atoms with Crippen LogP contribution in [0.2, 0.25) is 0 Å². The second kappa shape index (κ2) is 14.9. The topological polar surface area (TPSA) is 119 Å². The molecule has 2 atom stereocenters. The number of fused-ring (bicyclic) bond motifs is 5. The first-order valence-electron chi connectivity index (χ1n) is 19.8. The third-order valence-corrected chi connectivity index (χ3v) is 13.9. The van der Waals surface area contributed by atoms with Crippen molar-refractivity contribution in [3.05, 3.63) is 70.0 Å². The summed E-state index contributed by atoms with van der Waals surface area (Å²) in [5.41, 5.74) is 8.40. The van der Waals surface area contributed by atoms with Gasteiger partial charge in [-0.1, -0.05) is 25.3 Å². The van der Waals surface area contributed by atoms with Gasteiger partial charge >= 0.3 is 0 Å². The van der Waals surface area contributed by atoms with Gasteiger partial charge in [0.2, 0.25) is 10.0 Å². The van der Waals surface area contributed by atoms with Gasteiger partial charge in [-0.3, -0.25) is 19.2 Å². The first-order chi connectivity index (χ1) is 26.1. The Bertz CT molecular complexity index is 2280. The SMILES string of the molecule is COc1ccc2c(c1)C=C(c1nn(C(C)C)c(C)c1C(=O)N1C[C@@H](C)N(C)[C@@H](C)C1)Cn1c-2c(C2CCCCC2)c2ccc(C(=O)NS(=O)(=O)C(C)C)cc21. The normalized spacial score (nSPS) is 19.7. The highest BCUT2D eigenvalue weighted by atomic mass is 32.2. The lowest BCUT2D eigenvalue weighted by Gasteiger charge is -2.42. The molecular formula is C43H56N6O5S. The number of hydrogen-bond donors (Lipinski definition) is 1. The molecule has 2 fully saturated rings. The molecule has 1 saturated heterocycles. The van der Waals surface area contributed by atoms with Crippen LogP contribution >= 0.6 is 0 Å². The Labute approximate surface area is 325 Å². The number of nitrogens with zero attached hydrogens (tertiary/aromatic N) is 5. The van der Waals surface area contributed by atoms with E-state index in [1.165, 1.54) is 12.0 Å². The van der Waals surface area contributed by atoms with Crippen molar-refractivity contribution in [2.75, 3.05) is 27.2 Å². The Balaban J connectivity index is 1.47. The van der Waals surface area contributed by atoms with Crippen molar-refractivity contribution in [3.63, 3.8) is 0 Å². The number of amides is 2. The number of carbonyl (C=O) groups excluding carboxylic acids is 2. The minimum atomic E-state index is -3.84. The molecule has 3 aliphatic rings. The molecule has 2 aromatic carbocycles. The summed E-state index contributed by atoms with van der Waals surface area (Å²) in [6, 6.07) is 12.2. The molecular weight excluding hydrogens is 713 g/mol. The fourth-order valence-electron chi connectivity index (χ4n) is 8.86. The Morgan fingerprint density at radius 2 is 1.65 bits per heavy atom. The zero-order valence-electron chi connectivity index (χ0n) is 33.8. The fraction of sp³-hybridized carbons (Fsp3) is 0.512. The lowest BCUT2D eigenvalue weighted by Crippen LogP contribution is -2.56. The zero-order chi connectivity index (χ0) is 39.5. The van der Waals surface area contributed by atoms with E-state index in [1.807, 2.05) is 34.7 Å². The highest BCUT2D eigenvalue weighted by Crippen LogP contribution is 2.48. The Kier molecular flexibility index (Phi) is 10.5. The number of likely N-dealkylation sites (N-methyl/N-ethyl adjacent to an activating group) is 1. The van der Waals surface area contributed by atoms with Crippen LogP contribution in [0, 0.1) is 6.92 Å². The van der Waals surface area contributed by atoms with E-state index in [9.17, 15) is 18.0 Å². The van der Waals surface area contributed by atoms with Crippen molar-refractivity contribution in [1.29, 1.82) is 0 Å². The maximum absolute atomic E-state index is 14.8. The first-order valence-corrected chi connectivity index (χ1v) is 21.4. The summed E-state index contributed by atoms with van der Waals surface area (Å²) >= 11 is 0. The fourth-order valence-corrected chi connectivity index (χ4v) is 9.47. The summed E-state index contributed by atoms with van der Waals surface area (Å²) in [5, 5.41) is 5.52. The van der Waals surface area contributed by atoms with Crippen LogP contribution < -0.4 is 9.46 Å². The largest absolute Gasteiger partial charge is 0.497 e. The van der Waals surface area contributed by atoms with Crippen molar-refractivity contribution in [2.45, 2.75) is 116 Å². The summed E-state index contributed by atoms with van der Waals surface area (Å²) in [5.74, 6) is 0.359. The summed E-state index contributed by atoms with van der Waals surface area (Å²) in [6.45, 7) is 15.2. The maximum atomic E-state index is 14.8. The number of methoxy groups -OCH3 is 1. The van der Waals surface area contributed by atoms with E-state index in [0.29, 0.717) is 36.8 Å². The van der Waals surface area contributed by atoms with Gasteiger partial charge in [-0.15, -0.1) is 0 Å². The Hall–Kier alpha value is -4.42. The third kappa shape index (κ3) is 7.01. The number of rotatable bonds is 8. The molecule has 55 heavy (non-hydrogen) atoms. The molecule has 12 heteroatoms. The predicted octanol–water partition coefficient (Wildman–Crippen LogP) is 7.64. The van der Waals surface area contributed by atoms with Crippen LogP contribution in [0.15, 0.2) is 36.4 Å². The summed E-state index contributed by atoms with van der Waals surface area (Å²) in [4.78, 5) is 32.7. The second-order valence-corrected chi connectivity index (χ2v) is 18.7. The van der Waals surface area contributed by atoms with Gasteiger partial charge in [0.1, 0.15) is 11.4 Å². The van der Waals surface area contributed by atoms with Crippen LogP contribution in [0.3, 0.4) is 0 Å². The molecule has 0 spiro atoms. The average molecular weight is 769 g/mol. The van der Waals surface area contributed by atoms with E-state index in [1.54, 1.807) is 27.0 Å². The minimum absolute atomic E-state index is 0.0204. The van der Waals surface area contributed by atoms with Crippen LogP contribution in [-0.4, -0.2) is 89.0 Å². The van der Waals surface area contributed by atoms with Crippen molar-refractivity contribution in [1.82, 2.24) is 28.9 Å². The van der Waals surface area contributed by atoms with E-state index in [0.717, 1.165) is 70.4 Å². The molecule has 4 heterocycles. The van der Waals surface area contributed by atoms with Gasteiger partial charge < -0.3 is 14.2 Å². The number of nitrogens with one attached hydrogen (secondary N) is 1. The molecule has 2 aliphatic heterocycles. The molecule has 0 unspecified atom stereocenters. The van der Waals surface area contributed by atoms with E-state index < -0.39 is 21.2 Å². The number of carbonyl (C=O) groups is 2. The van der Waals surface area contributed by atoms with Crippen LogP contribution in [0.25, 0.3) is 33.8 Å². The van der Waals surface area contributed by atoms with Gasteiger partial charge in [0.05, 0.1) is 30.2 Å². The van der Waals surface area contributed by atoms with Crippen LogP contribution in [-0.2, 0) is 16.6 Å². The molecule has 1 N–H and O–H groups in total. The summed E-state index contributed by atoms with van der Waals surface area (Å²) in [7, 11) is -0.0578. The Morgan fingerprint density at radius 1 is 0.964 bits per heavy atom. The smallest absolute Gasteiger partial charge is 0.264 e. The van der Waals surface area contributed by atoms with Gasteiger partial charge in [0.15, 0.2) is 0 Å². The maximum Gasteiger partial charge on any atom is 0.264 e. The lowest BCUT2D eigenvalue weighted by molar-refractivity contribution is 0.0413. The number of hydrogen-bond acceptors (Lipinski definition) is 7. The van der Waals surface area contributed by atoms with Crippen molar-refractivity contribution in [2.24, 2.45) is 0 Å². The zero-order valence-corrected chi connectivity index (χ0v) is 34.6. The second-order valence-electron chi connectivity index (χ2n) is 16.5. The molecule has 11 nitrogen and oxygen atoms in total. The van der Waals surface area contributed by atoms with Crippen molar-refractivity contribution >= 4 is 44.4 Å². The van der Waals surface area contributed by atoms with E-state index in [2.05, 4.69) is 67.1 Å².